The fraction of sp³-hybridized carbons (Fsp3) is 0.395. The van der Waals surface area contributed by atoms with Gasteiger partial charge in [0.25, 0.3) is 5.56 Å². The number of nitrogens with zero attached hydrogens (tertiary/aromatic N) is 3. The number of likely N-dealkylation sites (N-methyl/N-ethyl adjacent to an activating group) is 1. The summed E-state index contributed by atoms with van der Waals surface area (Å²) in [5.41, 5.74) is 5.70. The van der Waals surface area contributed by atoms with Crippen molar-refractivity contribution in [3.05, 3.63) is 93.9 Å². The molecule has 2 amide bonds. The summed E-state index contributed by atoms with van der Waals surface area (Å²) in [5.74, 6) is 1.09. The van der Waals surface area contributed by atoms with E-state index in [0.29, 0.717) is 30.1 Å². The summed E-state index contributed by atoms with van der Waals surface area (Å²) in [7, 11) is 0. The summed E-state index contributed by atoms with van der Waals surface area (Å²) < 4.78 is 7.77. The number of benzene rings is 2. The van der Waals surface area contributed by atoms with Gasteiger partial charge in [0.2, 0.25) is 0 Å². The van der Waals surface area contributed by atoms with Crippen LogP contribution in [-0.2, 0) is 6.54 Å². The first kappa shape index (κ1) is 34.4. The van der Waals surface area contributed by atoms with Crippen molar-refractivity contribution >= 4 is 28.4 Å². The zero-order valence-corrected chi connectivity index (χ0v) is 28.6. The lowest BCUT2D eigenvalue weighted by atomic mass is 9.93. The largest absolute Gasteiger partial charge is 0.492 e. The molecule has 2 aromatic heterocycles. The van der Waals surface area contributed by atoms with E-state index in [1.807, 2.05) is 74.5 Å². The predicted molar refractivity (Wildman–Crippen MR) is 191 cm³/mol. The van der Waals surface area contributed by atoms with Gasteiger partial charge in [-0.25, -0.2) is 9.78 Å². The van der Waals surface area contributed by atoms with Crippen LogP contribution in [-0.4, -0.2) is 46.7 Å². The van der Waals surface area contributed by atoms with Crippen LogP contribution in [0.5, 0.6) is 5.75 Å². The Morgan fingerprint density at radius 1 is 0.935 bits per heavy atom. The van der Waals surface area contributed by atoms with Gasteiger partial charge in [0, 0.05) is 35.9 Å². The molecule has 244 valence electrons. The molecular formula is C38H49N5O3. The molecule has 46 heavy (non-hydrogen) atoms. The summed E-state index contributed by atoms with van der Waals surface area (Å²) in [6.07, 6.45) is 3.67. The topological polar surface area (TPSA) is 88.5 Å². The third-order valence-corrected chi connectivity index (χ3v) is 8.25. The summed E-state index contributed by atoms with van der Waals surface area (Å²) in [5, 5.41) is 6.87. The minimum absolute atomic E-state index is 0.188. The molecule has 2 N–H and O–H groups in total. The molecule has 0 saturated carbocycles. The number of aromatic nitrogens is 2. The van der Waals surface area contributed by atoms with Crippen LogP contribution >= 0.6 is 0 Å². The number of pyridine rings is 2. The van der Waals surface area contributed by atoms with Crippen molar-refractivity contribution in [2.75, 3.05) is 36.9 Å². The fourth-order valence-electron chi connectivity index (χ4n) is 5.67. The quantitative estimate of drug-likeness (QED) is 0.146. The first-order valence-corrected chi connectivity index (χ1v) is 16.4. The van der Waals surface area contributed by atoms with Gasteiger partial charge in [-0.2, -0.15) is 0 Å². The molecule has 0 aliphatic heterocycles. The Labute approximate surface area is 273 Å². The van der Waals surface area contributed by atoms with Gasteiger partial charge in [-0.1, -0.05) is 83.5 Å². The van der Waals surface area contributed by atoms with Crippen LogP contribution in [0.2, 0.25) is 0 Å². The first-order chi connectivity index (χ1) is 22.0. The van der Waals surface area contributed by atoms with Gasteiger partial charge in [-0.05, 0) is 79.7 Å². The monoisotopic (exact) mass is 623 g/mol. The number of allylic oxidation sites excluding steroid dienone is 2. The van der Waals surface area contributed by atoms with Gasteiger partial charge in [0.05, 0.1) is 0 Å². The Morgan fingerprint density at radius 2 is 1.59 bits per heavy atom. The lowest BCUT2D eigenvalue weighted by Crippen LogP contribution is -2.30. The lowest BCUT2D eigenvalue weighted by molar-refractivity contribution is 0.223. The highest BCUT2D eigenvalue weighted by Crippen LogP contribution is 2.36. The highest BCUT2D eigenvalue weighted by Gasteiger charge is 2.23. The molecule has 0 atom stereocenters. The molecule has 2 aromatic carbocycles. The zero-order chi connectivity index (χ0) is 33.4. The van der Waals surface area contributed by atoms with E-state index in [2.05, 4.69) is 62.1 Å². The number of ether oxygens (including phenoxy) is 1. The standard InChI is InChI=1S/C38H49N5O3/c1-9-42(10-2)22-23-46-29-15-11-14-28(24-29)33-32-18-13-20-39-36(32)43(21-19-25(3)4)37(44)35(33)41-38(45)40-34-30(26(5)6)16-12-17-31(34)27(7)8/h11-20,24,26-27H,9-10,21-23H2,1-8H3,(H2,40,41,45). The van der Waals surface area contributed by atoms with Crippen molar-refractivity contribution in [1.29, 1.82) is 0 Å². The number of hydrogen-bond acceptors (Lipinski definition) is 5. The van der Waals surface area contributed by atoms with Crippen molar-refractivity contribution in [1.82, 2.24) is 14.5 Å². The molecular weight excluding hydrogens is 574 g/mol. The minimum Gasteiger partial charge on any atom is -0.492 e. The Balaban J connectivity index is 1.85. The molecule has 2 heterocycles. The van der Waals surface area contributed by atoms with Gasteiger partial charge < -0.3 is 20.3 Å². The number of carbonyl (C=O) groups excluding carboxylic acids is 1. The average Bonchev–Trinajstić information content (AvgIpc) is 3.03. The van der Waals surface area contributed by atoms with Crippen molar-refractivity contribution < 1.29 is 9.53 Å². The van der Waals surface area contributed by atoms with E-state index in [1.54, 1.807) is 10.8 Å². The maximum atomic E-state index is 14.3. The molecule has 0 bridgehead atoms. The van der Waals surface area contributed by atoms with E-state index in [0.717, 1.165) is 53.0 Å². The predicted octanol–water partition coefficient (Wildman–Crippen LogP) is 8.64. The molecule has 0 unspecified atom stereocenters. The molecule has 8 heteroatoms. The van der Waals surface area contributed by atoms with Crippen molar-refractivity contribution in [2.24, 2.45) is 0 Å². The highest BCUT2D eigenvalue weighted by atomic mass is 16.5. The second-order valence-corrected chi connectivity index (χ2v) is 12.4. The van der Waals surface area contributed by atoms with Gasteiger partial charge in [-0.3, -0.25) is 9.36 Å². The molecule has 0 radical (unpaired) electrons. The smallest absolute Gasteiger partial charge is 0.323 e. The minimum atomic E-state index is -0.475. The number of para-hydroxylation sites is 1. The third-order valence-electron chi connectivity index (χ3n) is 8.25. The SMILES string of the molecule is CCN(CC)CCOc1cccc(-c2c(NC(=O)Nc3c(C(C)C)cccc3C(C)C)c(=O)n(CC=C(C)C)c3ncccc23)c1. The molecule has 0 spiro atoms. The van der Waals surface area contributed by atoms with Gasteiger partial charge in [-0.15, -0.1) is 0 Å². The first-order valence-electron chi connectivity index (χ1n) is 16.4. The van der Waals surface area contributed by atoms with Crippen molar-refractivity contribution in [3.8, 4) is 16.9 Å². The van der Waals surface area contributed by atoms with E-state index in [-0.39, 0.29) is 23.1 Å². The summed E-state index contributed by atoms with van der Waals surface area (Å²) in [6, 6.07) is 17.1. The molecule has 0 saturated heterocycles. The van der Waals surface area contributed by atoms with Crippen LogP contribution in [0.4, 0.5) is 16.2 Å². The lowest BCUT2D eigenvalue weighted by Gasteiger charge is -2.22. The molecule has 0 fully saturated rings. The molecule has 0 aliphatic carbocycles. The van der Waals surface area contributed by atoms with Crippen molar-refractivity contribution in [3.63, 3.8) is 0 Å². The summed E-state index contributed by atoms with van der Waals surface area (Å²) in [4.78, 5) is 35.2. The van der Waals surface area contributed by atoms with Crippen LogP contribution < -0.4 is 20.9 Å². The van der Waals surface area contributed by atoms with E-state index in [4.69, 9.17) is 4.74 Å². The van der Waals surface area contributed by atoms with E-state index < -0.39 is 6.03 Å². The molecule has 0 aliphatic rings. The van der Waals surface area contributed by atoms with Gasteiger partial charge in [0.15, 0.2) is 0 Å². The van der Waals surface area contributed by atoms with Crippen LogP contribution in [0, 0.1) is 0 Å². The van der Waals surface area contributed by atoms with Gasteiger partial charge in [0.1, 0.15) is 23.7 Å². The Bertz CT molecular complexity index is 1720. The summed E-state index contributed by atoms with van der Waals surface area (Å²) in [6.45, 7) is 20.3. The highest BCUT2D eigenvalue weighted by molar-refractivity contribution is 6.07. The normalized spacial score (nSPS) is 11.4. The molecule has 4 rings (SSSR count). The Morgan fingerprint density at radius 3 is 2.22 bits per heavy atom. The fourth-order valence-corrected chi connectivity index (χ4v) is 5.67. The van der Waals surface area contributed by atoms with E-state index in [1.165, 1.54) is 0 Å². The number of amides is 2. The van der Waals surface area contributed by atoms with Crippen LogP contribution in [0.1, 0.15) is 78.4 Å². The van der Waals surface area contributed by atoms with Crippen molar-refractivity contribution in [2.45, 2.75) is 73.8 Å². The maximum Gasteiger partial charge on any atom is 0.323 e. The van der Waals surface area contributed by atoms with E-state index in [9.17, 15) is 9.59 Å². The number of carbonyl (C=O) groups is 1. The number of fused-ring (bicyclic) bond motifs is 1. The number of hydrogen-bond donors (Lipinski definition) is 2. The maximum absolute atomic E-state index is 14.3. The molecule has 8 nitrogen and oxygen atoms in total. The number of rotatable bonds is 13. The Hall–Kier alpha value is -4.43. The van der Waals surface area contributed by atoms with E-state index >= 15 is 0 Å². The summed E-state index contributed by atoms with van der Waals surface area (Å²) >= 11 is 0. The van der Waals surface area contributed by atoms with Crippen LogP contribution in [0.25, 0.3) is 22.2 Å². The number of urea groups is 1. The Kier molecular flexibility index (Phi) is 11.8. The third kappa shape index (κ3) is 8.04. The van der Waals surface area contributed by atoms with Crippen LogP contribution in [0.3, 0.4) is 0 Å². The molecule has 4 aromatic rings. The second kappa shape index (κ2) is 15.7. The number of anilines is 2. The average molecular weight is 624 g/mol. The van der Waals surface area contributed by atoms with Gasteiger partial charge >= 0.3 is 6.03 Å². The zero-order valence-electron chi connectivity index (χ0n) is 28.6. The van der Waals surface area contributed by atoms with Crippen LogP contribution in [0.15, 0.2) is 77.2 Å². The second-order valence-electron chi connectivity index (χ2n) is 12.4. The number of nitrogens with one attached hydrogen (secondary N) is 2.